The summed E-state index contributed by atoms with van der Waals surface area (Å²) in [4.78, 5) is 36.0. The lowest BCUT2D eigenvalue weighted by Crippen LogP contribution is -2.44. The maximum Gasteiger partial charge on any atom is 0.339 e. The highest BCUT2D eigenvalue weighted by atomic mass is 16.6. The summed E-state index contributed by atoms with van der Waals surface area (Å²) < 4.78 is 10.3. The Bertz CT molecular complexity index is 637. The Morgan fingerprint density at radius 2 is 0.805 bits per heavy atom. The minimum Gasteiger partial charge on any atom is -0.481 e. The molecule has 2 N–H and O–H groups in total. The van der Waals surface area contributed by atoms with Gasteiger partial charge in [-0.2, -0.15) is 0 Å². The zero-order valence-electron chi connectivity index (χ0n) is 26.7. The summed E-state index contributed by atoms with van der Waals surface area (Å²) >= 11 is 0. The van der Waals surface area contributed by atoms with E-state index in [0.29, 0.717) is 12.8 Å². The number of rotatable bonds is 31. The standard InChI is InChI=1S/C34H64O7/c1-3-5-7-9-11-13-15-17-19-21-23-25-27-40-32(37)30-34(39,29-31(35)36)33(38)41-28-26-24-22-20-18-16-14-12-10-8-6-4-2/h39H,3-30H2,1-2H3,(H,35,36). The molecule has 242 valence electrons. The molecular weight excluding hydrogens is 520 g/mol. The highest BCUT2D eigenvalue weighted by molar-refractivity contribution is 5.89. The minimum atomic E-state index is -2.41. The SMILES string of the molecule is CCCCCCCCCCCCCCOC(=O)CC(O)(CC(=O)O)C(=O)OCCCCCCCCCCCCCC. The highest BCUT2D eigenvalue weighted by Gasteiger charge is 2.42. The predicted molar refractivity (Wildman–Crippen MR) is 166 cm³/mol. The lowest BCUT2D eigenvalue weighted by molar-refractivity contribution is -0.176. The second-order valence-corrected chi connectivity index (χ2v) is 11.9. The van der Waals surface area contributed by atoms with Gasteiger partial charge in [-0.05, 0) is 12.8 Å². The first kappa shape index (κ1) is 39.4. The molecule has 0 aromatic carbocycles. The van der Waals surface area contributed by atoms with Crippen LogP contribution in [0.2, 0.25) is 0 Å². The van der Waals surface area contributed by atoms with E-state index in [1.54, 1.807) is 0 Å². The number of aliphatic carboxylic acids is 1. The van der Waals surface area contributed by atoms with Gasteiger partial charge in [-0.3, -0.25) is 9.59 Å². The molecule has 0 aromatic rings. The first-order chi connectivity index (χ1) is 19.9. The van der Waals surface area contributed by atoms with Gasteiger partial charge in [0.15, 0.2) is 5.60 Å². The van der Waals surface area contributed by atoms with Crippen molar-refractivity contribution in [1.29, 1.82) is 0 Å². The Balaban J connectivity index is 3.95. The molecule has 0 aromatic heterocycles. The fourth-order valence-electron chi connectivity index (χ4n) is 5.12. The Hall–Kier alpha value is -1.63. The molecule has 0 bridgehead atoms. The molecule has 0 radical (unpaired) electrons. The van der Waals surface area contributed by atoms with Crippen LogP contribution in [0.1, 0.15) is 181 Å². The molecule has 0 rings (SSSR count). The number of esters is 2. The van der Waals surface area contributed by atoms with Gasteiger partial charge in [-0.15, -0.1) is 0 Å². The normalized spacial score (nSPS) is 12.7. The van der Waals surface area contributed by atoms with Crippen molar-refractivity contribution in [3.05, 3.63) is 0 Å². The Labute approximate surface area is 251 Å². The lowest BCUT2D eigenvalue weighted by atomic mass is 9.95. The van der Waals surface area contributed by atoms with Crippen LogP contribution in [-0.4, -0.2) is 46.9 Å². The molecular formula is C34H64O7. The van der Waals surface area contributed by atoms with Gasteiger partial charge in [0.2, 0.25) is 0 Å². The van der Waals surface area contributed by atoms with Crippen molar-refractivity contribution in [3.63, 3.8) is 0 Å². The maximum atomic E-state index is 12.5. The first-order valence-electron chi connectivity index (χ1n) is 17.1. The molecule has 0 fully saturated rings. The minimum absolute atomic E-state index is 0.103. The number of carbonyl (C=O) groups is 3. The summed E-state index contributed by atoms with van der Waals surface area (Å²) in [5.74, 6) is -3.21. The molecule has 7 heteroatoms. The summed E-state index contributed by atoms with van der Waals surface area (Å²) in [7, 11) is 0. The van der Waals surface area contributed by atoms with E-state index in [2.05, 4.69) is 13.8 Å². The zero-order chi connectivity index (χ0) is 30.4. The van der Waals surface area contributed by atoms with E-state index in [9.17, 15) is 24.6 Å². The molecule has 1 atom stereocenters. The lowest BCUT2D eigenvalue weighted by Gasteiger charge is -2.23. The first-order valence-corrected chi connectivity index (χ1v) is 17.1. The smallest absolute Gasteiger partial charge is 0.339 e. The number of hydrogen-bond donors (Lipinski definition) is 2. The summed E-state index contributed by atoms with van der Waals surface area (Å²) in [6, 6.07) is 0. The molecule has 0 saturated heterocycles. The molecule has 0 aliphatic heterocycles. The number of carboxylic acid groups (broad SMARTS) is 1. The van der Waals surface area contributed by atoms with Crippen molar-refractivity contribution >= 4 is 17.9 Å². The van der Waals surface area contributed by atoms with Crippen LogP contribution in [0.3, 0.4) is 0 Å². The van der Waals surface area contributed by atoms with Crippen molar-refractivity contribution < 1.29 is 34.1 Å². The predicted octanol–water partition coefficient (Wildman–Crippen LogP) is 9.07. The van der Waals surface area contributed by atoms with Gasteiger partial charge in [0, 0.05) is 0 Å². The van der Waals surface area contributed by atoms with Gasteiger partial charge < -0.3 is 19.7 Å². The van der Waals surface area contributed by atoms with Gasteiger partial charge in [-0.1, -0.05) is 155 Å². The van der Waals surface area contributed by atoms with Crippen LogP contribution in [0.15, 0.2) is 0 Å². The molecule has 0 amide bonds. The van der Waals surface area contributed by atoms with Crippen molar-refractivity contribution in [2.75, 3.05) is 13.2 Å². The second kappa shape index (κ2) is 28.5. The van der Waals surface area contributed by atoms with E-state index < -0.39 is 36.4 Å². The van der Waals surface area contributed by atoms with Crippen molar-refractivity contribution in [2.45, 2.75) is 186 Å². The van der Waals surface area contributed by atoms with Crippen molar-refractivity contribution in [1.82, 2.24) is 0 Å². The molecule has 41 heavy (non-hydrogen) atoms. The van der Waals surface area contributed by atoms with Gasteiger partial charge >= 0.3 is 17.9 Å². The number of carbonyl (C=O) groups excluding carboxylic acids is 2. The van der Waals surface area contributed by atoms with Crippen LogP contribution >= 0.6 is 0 Å². The molecule has 0 heterocycles. The molecule has 0 spiro atoms. The van der Waals surface area contributed by atoms with Crippen molar-refractivity contribution in [2.24, 2.45) is 0 Å². The summed E-state index contributed by atoms with van der Waals surface area (Å²) in [6.07, 6.45) is 26.9. The second-order valence-electron chi connectivity index (χ2n) is 11.9. The van der Waals surface area contributed by atoms with Crippen LogP contribution in [-0.2, 0) is 23.9 Å². The monoisotopic (exact) mass is 584 g/mol. The maximum absolute atomic E-state index is 12.5. The van der Waals surface area contributed by atoms with E-state index in [1.165, 1.54) is 109 Å². The Morgan fingerprint density at radius 1 is 0.488 bits per heavy atom. The quantitative estimate of drug-likeness (QED) is 0.0617. The van der Waals surface area contributed by atoms with E-state index in [0.717, 1.165) is 32.1 Å². The molecule has 0 aliphatic carbocycles. The summed E-state index contributed by atoms with van der Waals surface area (Å²) in [6.45, 7) is 4.77. The fraction of sp³-hybridized carbons (Fsp3) is 0.912. The summed E-state index contributed by atoms with van der Waals surface area (Å²) in [5, 5.41) is 19.8. The van der Waals surface area contributed by atoms with E-state index in [-0.39, 0.29) is 13.2 Å². The van der Waals surface area contributed by atoms with Crippen LogP contribution < -0.4 is 0 Å². The van der Waals surface area contributed by atoms with E-state index in [4.69, 9.17) is 9.47 Å². The third kappa shape index (κ3) is 25.8. The largest absolute Gasteiger partial charge is 0.481 e. The van der Waals surface area contributed by atoms with E-state index in [1.807, 2.05) is 0 Å². The van der Waals surface area contributed by atoms with Crippen LogP contribution in [0.25, 0.3) is 0 Å². The molecule has 1 unspecified atom stereocenters. The van der Waals surface area contributed by atoms with Crippen LogP contribution in [0.5, 0.6) is 0 Å². The van der Waals surface area contributed by atoms with Gasteiger partial charge in [0.25, 0.3) is 0 Å². The number of carboxylic acids is 1. The fourth-order valence-corrected chi connectivity index (χ4v) is 5.12. The third-order valence-corrected chi connectivity index (χ3v) is 7.75. The topological polar surface area (TPSA) is 110 Å². The van der Waals surface area contributed by atoms with Crippen LogP contribution in [0.4, 0.5) is 0 Å². The number of ether oxygens (including phenoxy) is 2. The van der Waals surface area contributed by atoms with Gasteiger partial charge in [0.1, 0.15) is 0 Å². The number of aliphatic hydroxyl groups is 1. The molecule has 0 saturated carbocycles. The van der Waals surface area contributed by atoms with Crippen molar-refractivity contribution in [3.8, 4) is 0 Å². The average molecular weight is 585 g/mol. The van der Waals surface area contributed by atoms with Crippen LogP contribution in [0, 0.1) is 0 Å². The third-order valence-electron chi connectivity index (χ3n) is 7.75. The van der Waals surface area contributed by atoms with Gasteiger partial charge in [-0.25, -0.2) is 4.79 Å². The van der Waals surface area contributed by atoms with E-state index >= 15 is 0 Å². The molecule has 7 nitrogen and oxygen atoms in total. The zero-order valence-corrected chi connectivity index (χ0v) is 26.7. The Kier molecular flexibility index (Phi) is 27.4. The molecule has 0 aliphatic rings. The average Bonchev–Trinajstić information content (AvgIpc) is 2.93. The van der Waals surface area contributed by atoms with Gasteiger partial charge in [0.05, 0.1) is 26.1 Å². The number of unbranched alkanes of at least 4 members (excludes halogenated alkanes) is 22. The highest BCUT2D eigenvalue weighted by Crippen LogP contribution is 2.20. The summed E-state index contributed by atoms with van der Waals surface area (Å²) in [5.41, 5.74) is -2.41. The number of hydrogen-bond acceptors (Lipinski definition) is 6. The Morgan fingerprint density at radius 3 is 1.15 bits per heavy atom.